The third-order valence-electron chi connectivity index (χ3n) is 10.1. The minimum atomic E-state index is -0.250. The lowest BCUT2D eigenvalue weighted by Crippen LogP contribution is -2.22. The molecule has 0 bridgehead atoms. The second-order valence-electron chi connectivity index (χ2n) is 12.7. The van der Waals surface area contributed by atoms with Gasteiger partial charge in [-0.1, -0.05) is 97.1 Å². The standard InChI is InChI=1S/C44H29NOS/c1-44(38-16-8-5-13-32(38)33-14-6-9-17-39(33)44)28-19-24-40-37(25-28)34-22-20-30(26-41(34)46-40)45(29-11-3-2-4-12-29)31-21-23-36-35-15-7-10-18-42(35)47-43(36)27-31/h2-27H,1H3. The third-order valence-corrected chi connectivity index (χ3v) is 11.3. The zero-order valence-electron chi connectivity index (χ0n) is 25.8. The molecule has 7 aromatic carbocycles. The van der Waals surface area contributed by atoms with Gasteiger partial charge in [-0.25, -0.2) is 0 Å². The zero-order valence-corrected chi connectivity index (χ0v) is 26.6. The molecule has 0 saturated carbocycles. The fraction of sp³-hybridized carbons (Fsp3) is 0.0455. The first-order valence-electron chi connectivity index (χ1n) is 16.1. The van der Waals surface area contributed by atoms with Gasteiger partial charge in [0, 0.05) is 59.5 Å². The Labute approximate surface area is 276 Å². The van der Waals surface area contributed by atoms with Gasteiger partial charge >= 0.3 is 0 Å². The summed E-state index contributed by atoms with van der Waals surface area (Å²) in [4.78, 5) is 2.33. The van der Waals surface area contributed by atoms with Crippen LogP contribution in [0.2, 0.25) is 0 Å². The predicted octanol–water partition coefficient (Wildman–Crippen LogP) is 12.8. The number of para-hydroxylation sites is 1. The largest absolute Gasteiger partial charge is 0.456 e. The number of hydrogen-bond acceptors (Lipinski definition) is 3. The number of benzene rings is 7. The van der Waals surface area contributed by atoms with Crippen molar-refractivity contribution >= 4 is 70.5 Å². The summed E-state index contributed by atoms with van der Waals surface area (Å²) in [5.41, 5.74) is 11.5. The molecule has 0 aliphatic heterocycles. The molecular formula is C44H29NOS. The van der Waals surface area contributed by atoms with E-state index in [2.05, 4.69) is 170 Å². The quantitative estimate of drug-likeness (QED) is 0.195. The van der Waals surface area contributed by atoms with E-state index in [4.69, 9.17) is 4.42 Å². The molecule has 0 spiro atoms. The van der Waals surface area contributed by atoms with Crippen molar-refractivity contribution < 1.29 is 4.42 Å². The van der Waals surface area contributed by atoms with Crippen molar-refractivity contribution in [3.8, 4) is 11.1 Å². The second-order valence-corrected chi connectivity index (χ2v) is 13.7. The van der Waals surface area contributed by atoms with Crippen LogP contribution in [0.4, 0.5) is 17.1 Å². The Bertz CT molecular complexity index is 2620. The lowest BCUT2D eigenvalue weighted by atomic mass is 9.74. The van der Waals surface area contributed by atoms with Crippen LogP contribution in [0.15, 0.2) is 162 Å². The molecule has 1 aliphatic carbocycles. The van der Waals surface area contributed by atoms with Gasteiger partial charge in [0.2, 0.25) is 0 Å². The number of furan rings is 1. The Balaban J connectivity index is 1.12. The average Bonchev–Trinajstić information content (AvgIpc) is 3.77. The van der Waals surface area contributed by atoms with E-state index < -0.39 is 0 Å². The highest BCUT2D eigenvalue weighted by Gasteiger charge is 2.40. The van der Waals surface area contributed by atoms with E-state index >= 15 is 0 Å². The van der Waals surface area contributed by atoms with Crippen LogP contribution in [0.5, 0.6) is 0 Å². The lowest BCUT2D eigenvalue weighted by molar-refractivity contribution is 0.667. The Hall–Kier alpha value is -5.64. The smallest absolute Gasteiger partial charge is 0.137 e. The number of hydrogen-bond donors (Lipinski definition) is 0. The van der Waals surface area contributed by atoms with Gasteiger partial charge in [-0.15, -0.1) is 11.3 Å². The second kappa shape index (κ2) is 9.93. The molecule has 1 aliphatic rings. The van der Waals surface area contributed by atoms with Gasteiger partial charge in [-0.3, -0.25) is 0 Å². The molecule has 222 valence electrons. The van der Waals surface area contributed by atoms with E-state index in [1.54, 1.807) is 0 Å². The molecule has 2 heterocycles. The van der Waals surface area contributed by atoms with Gasteiger partial charge < -0.3 is 9.32 Å². The monoisotopic (exact) mass is 619 g/mol. The summed E-state index contributed by atoms with van der Waals surface area (Å²) in [6.45, 7) is 2.37. The summed E-state index contributed by atoms with van der Waals surface area (Å²) in [6, 6.07) is 57.2. The molecule has 2 nitrogen and oxygen atoms in total. The first-order valence-corrected chi connectivity index (χ1v) is 16.9. The van der Waals surface area contributed by atoms with Gasteiger partial charge in [0.25, 0.3) is 0 Å². The predicted molar refractivity (Wildman–Crippen MR) is 199 cm³/mol. The first-order chi connectivity index (χ1) is 23.2. The molecule has 0 atom stereocenters. The average molecular weight is 620 g/mol. The summed E-state index contributed by atoms with van der Waals surface area (Å²) in [6.07, 6.45) is 0. The van der Waals surface area contributed by atoms with Crippen LogP contribution in [0.25, 0.3) is 53.2 Å². The summed E-state index contributed by atoms with van der Waals surface area (Å²) in [5.74, 6) is 0. The van der Waals surface area contributed by atoms with Crippen LogP contribution in [0.3, 0.4) is 0 Å². The summed E-state index contributed by atoms with van der Waals surface area (Å²) >= 11 is 1.85. The van der Waals surface area contributed by atoms with Gasteiger partial charge in [0.05, 0.1) is 0 Å². The number of fused-ring (bicyclic) bond motifs is 9. The van der Waals surface area contributed by atoms with Crippen LogP contribution in [-0.2, 0) is 5.41 Å². The van der Waals surface area contributed by atoms with Gasteiger partial charge in [-0.2, -0.15) is 0 Å². The normalized spacial score (nSPS) is 13.4. The number of thiophene rings is 1. The van der Waals surface area contributed by atoms with Gasteiger partial charge in [0.15, 0.2) is 0 Å². The number of rotatable bonds is 4. The van der Waals surface area contributed by atoms with Crippen molar-refractivity contribution in [3.05, 3.63) is 174 Å². The third kappa shape index (κ3) is 3.84. The minimum Gasteiger partial charge on any atom is -0.456 e. The maximum Gasteiger partial charge on any atom is 0.137 e. The van der Waals surface area contributed by atoms with Gasteiger partial charge in [0.1, 0.15) is 11.2 Å². The van der Waals surface area contributed by atoms with Crippen molar-refractivity contribution in [1.29, 1.82) is 0 Å². The number of anilines is 3. The Morgan fingerprint density at radius 2 is 1.11 bits per heavy atom. The summed E-state index contributed by atoms with van der Waals surface area (Å²) < 4.78 is 9.19. The summed E-state index contributed by atoms with van der Waals surface area (Å²) in [5, 5.41) is 4.88. The molecule has 0 amide bonds. The van der Waals surface area contributed by atoms with E-state index in [0.717, 1.165) is 39.0 Å². The fourth-order valence-corrected chi connectivity index (χ4v) is 9.00. The summed E-state index contributed by atoms with van der Waals surface area (Å²) in [7, 11) is 0. The highest BCUT2D eigenvalue weighted by atomic mass is 32.1. The van der Waals surface area contributed by atoms with Crippen molar-refractivity contribution in [2.45, 2.75) is 12.3 Å². The Morgan fingerprint density at radius 3 is 1.89 bits per heavy atom. The molecule has 9 aromatic rings. The molecule has 10 rings (SSSR count). The molecule has 0 radical (unpaired) electrons. The first kappa shape index (κ1) is 26.6. The molecule has 0 N–H and O–H groups in total. The fourth-order valence-electron chi connectivity index (χ4n) is 7.86. The van der Waals surface area contributed by atoms with E-state index in [-0.39, 0.29) is 5.41 Å². The maximum atomic E-state index is 6.59. The van der Waals surface area contributed by atoms with E-state index in [1.807, 2.05) is 11.3 Å². The van der Waals surface area contributed by atoms with Crippen molar-refractivity contribution in [2.24, 2.45) is 0 Å². The number of nitrogens with zero attached hydrogens (tertiary/aromatic N) is 1. The van der Waals surface area contributed by atoms with Crippen molar-refractivity contribution in [2.75, 3.05) is 4.90 Å². The highest BCUT2D eigenvalue weighted by molar-refractivity contribution is 7.25. The SMILES string of the molecule is CC1(c2ccc3oc4cc(N(c5ccccc5)c5ccc6c(c5)sc5ccccc56)ccc4c3c2)c2ccccc2-c2ccccc21. The molecular weight excluding hydrogens is 591 g/mol. The van der Waals surface area contributed by atoms with Crippen LogP contribution in [-0.4, -0.2) is 0 Å². The maximum absolute atomic E-state index is 6.59. The van der Waals surface area contributed by atoms with Crippen LogP contribution < -0.4 is 4.90 Å². The molecule has 47 heavy (non-hydrogen) atoms. The van der Waals surface area contributed by atoms with Crippen LogP contribution in [0, 0.1) is 0 Å². The zero-order chi connectivity index (χ0) is 31.1. The lowest BCUT2D eigenvalue weighted by Gasteiger charge is -2.28. The van der Waals surface area contributed by atoms with Crippen molar-refractivity contribution in [3.63, 3.8) is 0 Å². The van der Waals surface area contributed by atoms with E-state index in [1.165, 1.54) is 48.0 Å². The molecule has 3 heteroatoms. The van der Waals surface area contributed by atoms with Crippen molar-refractivity contribution in [1.82, 2.24) is 0 Å². The molecule has 0 saturated heterocycles. The highest BCUT2D eigenvalue weighted by Crippen LogP contribution is 2.53. The Morgan fingerprint density at radius 1 is 0.468 bits per heavy atom. The van der Waals surface area contributed by atoms with E-state index in [0.29, 0.717) is 0 Å². The topological polar surface area (TPSA) is 16.4 Å². The van der Waals surface area contributed by atoms with Crippen LogP contribution >= 0.6 is 11.3 Å². The Kier molecular flexibility index (Phi) is 5.61. The molecule has 2 aromatic heterocycles. The molecule has 0 unspecified atom stereocenters. The van der Waals surface area contributed by atoms with Gasteiger partial charge in [-0.05, 0) is 89.3 Å². The molecule has 0 fully saturated rings. The van der Waals surface area contributed by atoms with Crippen LogP contribution in [0.1, 0.15) is 23.6 Å². The van der Waals surface area contributed by atoms with E-state index in [9.17, 15) is 0 Å². The minimum absolute atomic E-state index is 0.250.